The normalized spacial score (nSPS) is 25.1. The van der Waals surface area contributed by atoms with Crippen molar-refractivity contribution in [1.82, 2.24) is 0 Å². The average molecular weight is 288 g/mol. The molecule has 1 saturated heterocycles. The van der Waals surface area contributed by atoms with Crippen molar-refractivity contribution >= 4 is 17.5 Å². The molecule has 3 rings (SSSR count). The van der Waals surface area contributed by atoms with Crippen molar-refractivity contribution in [2.75, 3.05) is 12.0 Å². The minimum absolute atomic E-state index is 0.0801. The van der Waals surface area contributed by atoms with Crippen LogP contribution in [0.3, 0.4) is 0 Å². The van der Waals surface area contributed by atoms with Crippen LogP contribution in [0.4, 0.5) is 5.69 Å². The predicted octanol–water partition coefficient (Wildman–Crippen LogP) is 1.83. The van der Waals surface area contributed by atoms with Crippen molar-refractivity contribution in [3.05, 3.63) is 23.8 Å². The summed E-state index contributed by atoms with van der Waals surface area (Å²) >= 11 is 0. The van der Waals surface area contributed by atoms with Crippen LogP contribution in [0.15, 0.2) is 18.2 Å². The highest BCUT2D eigenvalue weighted by molar-refractivity contribution is 6.22. The predicted molar refractivity (Wildman–Crippen MR) is 78.8 cm³/mol. The van der Waals surface area contributed by atoms with Gasteiger partial charge in [-0.05, 0) is 30.5 Å². The summed E-state index contributed by atoms with van der Waals surface area (Å²) in [5.74, 6) is 0.0700. The molecule has 112 valence electrons. The lowest BCUT2D eigenvalue weighted by atomic mass is 9.81. The zero-order chi connectivity index (χ0) is 15.0. The first-order valence-corrected chi connectivity index (χ1v) is 7.42. The summed E-state index contributed by atoms with van der Waals surface area (Å²) in [6.07, 6.45) is 3.68. The molecule has 0 aromatic heterocycles. The van der Waals surface area contributed by atoms with Crippen molar-refractivity contribution in [3.8, 4) is 5.75 Å². The van der Waals surface area contributed by atoms with Crippen LogP contribution >= 0.6 is 0 Å². The van der Waals surface area contributed by atoms with Crippen LogP contribution in [-0.2, 0) is 16.1 Å². The molecule has 5 heteroatoms. The Bertz CT molecular complexity index is 561. The van der Waals surface area contributed by atoms with E-state index in [9.17, 15) is 9.59 Å². The molecule has 2 atom stereocenters. The summed E-state index contributed by atoms with van der Waals surface area (Å²) in [4.78, 5) is 26.5. The van der Waals surface area contributed by atoms with Crippen LogP contribution in [0.1, 0.15) is 31.2 Å². The molecule has 2 amide bonds. The second-order valence-corrected chi connectivity index (χ2v) is 5.72. The molecule has 2 aliphatic rings. The third-order valence-electron chi connectivity index (χ3n) is 4.56. The van der Waals surface area contributed by atoms with Gasteiger partial charge in [0.1, 0.15) is 5.75 Å². The number of hydrogen-bond acceptors (Lipinski definition) is 4. The fourth-order valence-corrected chi connectivity index (χ4v) is 3.43. The Labute approximate surface area is 124 Å². The summed E-state index contributed by atoms with van der Waals surface area (Å²) in [6.45, 7) is 0.393. The maximum Gasteiger partial charge on any atom is 0.237 e. The molecule has 1 aliphatic carbocycles. The maximum absolute atomic E-state index is 12.6. The van der Waals surface area contributed by atoms with Crippen LogP contribution < -0.4 is 15.4 Å². The first-order valence-electron chi connectivity index (χ1n) is 7.42. The third-order valence-corrected chi connectivity index (χ3v) is 4.56. The lowest BCUT2D eigenvalue weighted by Gasteiger charge is -2.19. The summed E-state index contributed by atoms with van der Waals surface area (Å²) in [5, 5.41) is 0. The zero-order valence-electron chi connectivity index (χ0n) is 12.2. The highest BCUT2D eigenvalue weighted by atomic mass is 16.5. The number of anilines is 1. The Hall–Kier alpha value is -1.88. The van der Waals surface area contributed by atoms with Crippen LogP contribution in [0, 0.1) is 11.8 Å². The Morgan fingerprint density at radius 3 is 2.33 bits per heavy atom. The van der Waals surface area contributed by atoms with E-state index in [2.05, 4.69) is 0 Å². The quantitative estimate of drug-likeness (QED) is 0.861. The second-order valence-electron chi connectivity index (χ2n) is 5.72. The minimum Gasteiger partial charge on any atom is -0.495 e. The number of methoxy groups -OCH3 is 1. The monoisotopic (exact) mass is 288 g/mol. The fraction of sp³-hybridized carbons (Fsp3) is 0.500. The number of carbonyl (C=O) groups is 2. The smallest absolute Gasteiger partial charge is 0.237 e. The summed E-state index contributed by atoms with van der Waals surface area (Å²) < 4.78 is 5.35. The van der Waals surface area contributed by atoms with Gasteiger partial charge in [0, 0.05) is 6.54 Å². The van der Waals surface area contributed by atoms with E-state index in [4.69, 9.17) is 10.5 Å². The second kappa shape index (κ2) is 5.48. The number of fused-ring (bicyclic) bond motifs is 1. The van der Waals surface area contributed by atoms with Crippen LogP contribution in [0.25, 0.3) is 0 Å². The lowest BCUT2D eigenvalue weighted by Crippen LogP contribution is -2.31. The largest absolute Gasteiger partial charge is 0.495 e. The van der Waals surface area contributed by atoms with Gasteiger partial charge in [0.2, 0.25) is 11.8 Å². The number of nitrogens with zero attached hydrogens (tertiary/aromatic N) is 1. The number of rotatable bonds is 3. The van der Waals surface area contributed by atoms with Gasteiger partial charge in [0.15, 0.2) is 0 Å². The van der Waals surface area contributed by atoms with Gasteiger partial charge in [-0.15, -0.1) is 0 Å². The number of hydrogen-bond donors (Lipinski definition) is 1. The number of amides is 2. The van der Waals surface area contributed by atoms with Crippen LogP contribution in [0.2, 0.25) is 0 Å². The third kappa shape index (κ3) is 2.21. The number of imide groups is 1. The van der Waals surface area contributed by atoms with Crippen molar-refractivity contribution in [2.45, 2.75) is 32.2 Å². The van der Waals surface area contributed by atoms with E-state index in [-0.39, 0.29) is 23.7 Å². The molecule has 5 nitrogen and oxygen atoms in total. The van der Waals surface area contributed by atoms with Crippen molar-refractivity contribution < 1.29 is 14.3 Å². The van der Waals surface area contributed by atoms with Crippen molar-refractivity contribution in [2.24, 2.45) is 17.6 Å². The number of nitrogens with two attached hydrogens (primary N) is 1. The Morgan fingerprint density at radius 1 is 1.19 bits per heavy atom. The molecule has 0 spiro atoms. The lowest BCUT2D eigenvalue weighted by molar-refractivity contribution is -0.122. The summed E-state index contributed by atoms with van der Waals surface area (Å²) in [7, 11) is 1.54. The standard InChI is InChI=1S/C16H20N2O3/c1-21-14-8-10(9-17)6-7-13(14)18-15(19)11-4-2-3-5-12(11)16(18)20/h6-8,11-12H,2-5,9,17H2,1H3. The van der Waals surface area contributed by atoms with Gasteiger partial charge in [0.05, 0.1) is 24.6 Å². The highest BCUT2D eigenvalue weighted by Crippen LogP contribution is 2.42. The zero-order valence-corrected chi connectivity index (χ0v) is 12.2. The van der Waals surface area contributed by atoms with E-state index in [0.29, 0.717) is 18.0 Å². The maximum atomic E-state index is 12.6. The Balaban J connectivity index is 2.00. The molecular formula is C16H20N2O3. The van der Waals surface area contributed by atoms with Gasteiger partial charge in [-0.1, -0.05) is 18.9 Å². The fourth-order valence-electron chi connectivity index (χ4n) is 3.43. The van der Waals surface area contributed by atoms with Gasteiger partial charge in [0.25, 0.3) is 0 Å². The number of ether oxygens (including phenoxy) is 1. The van der Waals surface area contributed by atoms with Crippen LogP contribution in [0.5, 0.6) is 5.75 Å². The molecule has 2 unspecified atom stereocenters. The van der Waals surface area contributed by atoms with E-state index < -0.39 is 0 Å². The number of benzene rings is 1. The molecule has 2 N–H and O–H groups in total. The van der Waals surface area contributed by atoms with E-state index in [0.717, 1.165) is 31.2 Å². The van der Waals surface area contributed by atoms with Gasteiger partial charge >= 0.3 is 0 Å². The molecule has 1 saturated carbocycles. The topological polar surface area (TPSA) is 72.6 Å². The van der Waals surface area contributed by atoms with Crippen molar-refractivity contribution in [3.63, 3.8) is 0 Å². The SMILES string of the molecule is COc1cc(CN)ccc1N1C(=O)C2CCCCC2C1=O. The molecular weight excluding hydrogens is 268 g/mol. The van der Waals surface area contributed by atoms with Gasteiger partial charge in [-0.25, -0.2) is 4.90 Å². The van der Waals surface area contributed by atoms with Gasteiger partial charge in [-0.3, -0.25) is 9.59 Å². The molecule has 1 heterocycles. The average Bonchev–Trinajstić information content (AvgIpc) is 2.79. The first kappa shape index (κ1) is 14.1. The first-order chi connectivity index (χ1) is 10.2. The molecule has 0 bridgehead atoms. The Morgan fingerprint density at radius 2 is 1.81 bits per heavy atom. The van der Waals surface area contributed by atoms with E-state index in [1.54, 1.807) is 12.1 Å². The van der Waals surface area contributed by atoms with E-state index >= 15 is 0 Å². The molecule has 1 aliphatic heterocycles. The molecule has 21 heavy (non-hydrogen) atoms. The molecule has 2 fully saturated rings. The van der Waals surface area contributed by atoms with Gasteiger partial charge in [-0.2, -0.15) is 0 Å². The summed E-state index contributed by atoms with van der Waals surface area (Å²) in [6, 6.07) is 5.38. The molecule has 1 aromatic rings. The minimum atomic E-state index is -0.148. The van der Waals surface area contributed by atoms with E-state index in [1.165, 1.54) is 12.0 Å². The van der Waals surface area contributed by atoms with Crippen molar-refractivity contribution in [1.29, 1.82) is 0 Å². The van der Waals surface area contributed by atoms with Crippen LogP contribution in [-0.4, -0.2) is 18.9 Å². The summed E-state index contributed by atoms with van der Waals surface area (Å²) in [5.41, 5.74) is 7.07. The highest BCUT2D eigenvalue weighted by Gasteiger charge is 2.49. The Kier molecular flexibility index (Phi) is 3.68. The molecule has 1 aromatic carbocycles. The molecule has 0 radical (unpaired) electrons. The number of carbonyl (C=O) groups excluding carboxylic acids is 2. The van der Waals surface area contributed by atoms with Gasteiger partial charge < -0.3 is 10.5 Å². The van der Waals surface area contributed by atoms with E-state index in [1.807, 2.05) is 6.07 Å².